The monoisotopic (exact) mass is 247 g/mol. The number of hydrogen-bond donors (Lipinski definition) is 3. The maximum atomic E-state index is 11.4. The molecule has 0 saturated carbocycles. The van der Waals surface area contributed by atoms with Crippen LogP contribution in [-0.4, -0.2) is 34.3 Å². The molecule has 6 heteroatoms. The molecule has 1 atom stereocenters. The van der Waals surface area contributed by atoms with Crippen LogP contribution in [0, 0.1) is 5.41 Å². The maximum Gasteiger partial charge on any atom is 0.316 e. The number of H-pyrrole nitrogens is 1. The molecule has 1 aliphatic rings. The second-order valence-electron chi connectivity index (χ2n) is 4.61. The van der Waals surface area contributed by atoms with Gasteiger partial charge in [-0.3, -0.25) is 4.79 Å². The van der Waals surface area contributed by atoms with Crippen LogP contribution in [0.15, 0.2) is 24.5 Å². The molecular formula is C12H13N3O3. The number of nitrogens with one attached hydrogen (secondary N) is 1. The van der Waals surface area contributed by atoms with Crippen LogP contribution in [0.4, 0.5) is 0 Å². The number of aliphatic carboxylic acids is 1. The molecule has 3 rings (SSSR count). The minimum absolute atomic E-state index is 0.157. The van der Waals surface area contributed by atoms with E-state index in [1.165, 1.54) is 0 Å². The lowest BCUT2D eigenvalue weighted by Gasteiger charge is -2.41. The molecule has 94 valence electrons. The van der Waals surface area contributed by atoms with Crippen LogP contribution in [0.25, 0.3) is 11.0 Å². The van der Waals surface area contributed by atoms with Crippen molar-refractivity contribution >= 4 is 17.0 Å². The Morgan fingerprint density at radius 2 is 2.33 bits per heavy atom. The highest BCUT2D eigenvalue weighted by atomic mass is 16.5. The van der Waals surface area contributed by atoms with E-state index in [0.717, 1.165) is 16.6 Å². The molecule has 1 aromatic heterocycles. The van der Waals surface area contributed by atoms with E-state index >= 15 is 0 Å². The molecule has 1 fully saturated rings. The van der Waals surface area contributed by atoms with Crippen molar-refractivity contribution in [2.24, 2.45) is 11.1 Å². The number of carbonyl (C=O) groups is 1. The summed E-state index contributed by atoms with van der Waals surface area (Å²) in [6.07, 6.45) is 1.60. The highest BCUT2D eigenvalue weighted by molar-refractivity contribution is 5.79. The number of aromatic nitrogens is 2. The van der Waals surface area contributed by atoms with Gasteiger partial charge < -0.3 is 20.6 Å². The van der Waals surface area contributed by atoms with Gasteiger partial charge in [-0.2, -0.15) is 0 Å². The number of nitrogens with two attached hydrogens (primary N) is 1. The van der Waals surface area contributed by atoms with E-state index in [0.29, 0.717) is 0 Å². The zero-order chi connectivity index (χ0) is 12.8. The molecule has 6 nitrogen and oxygen atoms in total. The Bertz CT molecular complexity index is 603. The molecule has 1 unspecified atom stereocenters. The van der Waals surface area contributed by atoms with E-state index in [4.69, 9.17) is 10.5 Å². The number of ether oxygens (including phenoxy) is 1. The summed E-state index contributed by atoms with van der Waals surface area (Å²) in [6, 6.07) is 4.90. The van der Waals surface area contributed by atoms with E-state index in [9.17, 15) is 9.90 Å². The summed E-state index contributed by atoms with van der Waals surface area (Å²) < 4.78 is 5.03. The van der Waals surface area contributed by atoms with E-state index in [1.54, 1.807) is 6.33 Å². The van der Waals surface area contributed by atoms with Gasteiger partial charge in [0.25, 0.3) is 0 Å². The van der Waals surface area contributed by atoms with Crippen LogP contribution in [0.5, 0.6) is 0 Å². The minimum Gasteiger partial charge on any atom is -0.481 e. The first-order valence-corrected chi connectivity index (χ1v) is 5.63. The van der Waals surface area contributed by atoms with Crippen LogP contribution in [0.2, 0.25) is 0 Å². The Balaban J connectivity index is 2.00. The second kappa shape index (κ2) is 3.79. The maximum absolute atomic E-state index is 11.4. The van der Waals surface area contributed by atoms with Gasteiger partial charge in [0.15, 0.2) is 0 Å². The number of nitrogens with zero attached hydrogens (tertiary/aromatic N) is 1. The van der Waals surface area contributed by atoms with E-state index in [1.807, 2.05) is 18.2 Å². The third-order valence-electron chi connectivity index (χ3n) is 3.54. The van der Waals surface area contributed by atoms with Gasteiger partial charge in [0.2, 0.25) is 0 Å². The predicted octanol–water partition coefficient (Wildman–Crippen LogP) is 0.664. The Labute approximate surface area is 103 Å². The highest BCUT2D eigenvalue weighted by Crippen LogP contribution is 2.39. The Morgan fingerprint density at radius 3 is 2.94 bits per heavy atom. The molecule has 0 bridgehead atoms. The molecular weight excluding hydrogens is 234 g/mol. The molecule has 1 aromatic carbocycles. The number of carboxylic acids is 1. The van der Waals surface area contributed by atoms with Crippen LogP contribution in [-0.2, 0) is 9.53 Å². The van der Waals surface area contributed by atoms with Crippen molar-refractivity contribution in [1.29, 1.82) is 0 Å². The lowest BCUT2D eigenvalue weighted by Crippen LogP contribution is -2.55. The fourth-order valence-electron chi connectivity index (χ4n) is 2.22. The summed E-state index contributed by atoms with van der Waals surface area (Å²) in [5.41, 5.74) is 7.55. The molecule has 18 heavy (non-hydrogen) atoms. The van der Waals surface area contributed by atoms with Crippen molar-refractivity contribution < 1.29 is 14.6 Å². The van der Waals surface area contributed by atoms with Crippen LogP contribution in [0.1, 0.15) is 11.6 Å². The van der Waals surface area contributed by atoms with Crippen molar-refractivity contribution in [3.63, 3.8) is 0 Å². The van der Waals surface area contributed by atoms with Gasteiger partial charge >= 0.3 is 5.97 Å². The second-order valence-corrected chi connectivity index (χ2v) is 4.61. The molecule has 1 aliphatic heterocycles. The summed E-state index contributed by atoms with van der Waals surface area (Å²) in [5.74, 6) is -0.911. The first-order chi connectivity index (χ1) is 8.63. The third-order valence-corrected chi connectivity index (χ3v) is 3.54. The van der Waals surface area contributed by atoms with Crippen molar-refractivity contribution in [1.82, 2.24) is 9.97 Å². The Kier molecular flexibility index (Phi) is 2.36. The number of benzene rings is 1. The lowest BCUT2D eigenvalue weighted by atomic mass is 9.75. The van der Waals surface area contributed by atoms with Gasteiger partial charge in [0.05, 0.1) is 36.6 Å². The molecule has 0 spiro atoms. The van der Waals surface area contributed by atoms with Crippen molar-refractivity contribution in [2.45, 2.75) is 6.04 Å². The van der Waals surface area contributed by atoms with Gasteiger partial charge in [-0.1, -0.05) is 6.07 Å². The molecule has 4 N–H and O–H groups in total. The average molecular weight is 247 g/mol. The first kappa shape index (κ1) is 11.2. The van der Waals surface area contributed by atoms with Gasteiger partial charge in [0, 0.05) is 0 Å². The quantitative estimate of drug-likeness (QED) is 0.739. The largest absolute Gasteiger partial charge is 0.481 e. The highest BCUT2D eigenvalue weighted by Gasteiger charge is 2.51. The molecule has 2 heterocycles. The Hall–Kier alpha value is -1.92. The predicted molar refractivity (Wildman–Crippen MR) is 63.9 cm³/mol. The molecule has 1 saturated heterocycles. The SMILES string of the molecule is NC(c1ccc2nc[nH]c2c1)C1(C(=O)O)COC1. The van der Waals surface area contributed by atoms with E-state index in [-0.39, 0.29) is 13.2 Å². The van der Waals surface area contributed by atoms with Crippen LogP contribution < -0.4 is 5.73 Å². The molecule has 0 radical (unpaired) electrons. The number of fused-ring (bicyclic) bond motifs is 1. The zero-order valence-electron chi connectivity index (χ0n) is 9.59. The third kappa shape index (κ3) is 1.43. The average Bonchev–Trinajstić information content (AvgIpc) is 2.73. The topological polar surface area (TPSA) is 101 Å². The molecule has 0 amide bonds. The normalized spacial score (nSPS) is 19.4. The van der Waals surface area contributed by atoms with Crippen molar-refractivity contribution in [3.8, 4) is 0 Å². The standard InChI is InChI=1S/C12H13N3O3/c13-10(12(11(16)17)4-18-5-12)7-1-2-8-9(3-7)15-6-14-8/h1-3,6,10H,4-5,13H2,(H,14,15)(H,16,17). The van der Waals surface area contributed by atoms with E-state index < -0.39 is 17.4 Å². The summed E-state index contributed by atoms with van der Waals surface area (Å²) in [4.78, 5) is 18.5. The van der Waals surface area contributed by atoms with Crippen LogP contribution in [0.3, 0.4) is 0 Å². The Morgan fingerprint density at radius 1 is 1.56 bits per heavy atom. The van der Waals surface area contributed by atoms with Crippen molar-refractivity contribution in [2.75, 3.05) is 13.2 Å². The number of imidazole rings is 1. The molecule has 0 aliphatic carbocycles. The summed E-state index contributed by atoms with van der Waals surface area (Å²) in [7, 11) is 0. The molecule has 2 aromatic rings. The van der Waals surface area contributed by atoms with Gasteiger partial charge in [-0.15, -0.1) is 0 Å². The van der Waals surface area contributed by atoms with Gasteiger partial charge in [-0.25, -0.2) is 4.98 Å². The zero-order valence-corrected chi connectivity index (χ0v) is 9.59. The summed E-state index contributed by atoms with van der Waals surface area (Å²) in [6.45, 7) is 0.315. The van der Waals surface area contributed by atoms with Gasteiger partial charge in [-0.05, 0) is 17.7 Å². The number of hydrogen-bond acceptors (Lipinski definition) is 4. The van der Waals surface area contributed by atoms with Crippen molar-refractivity contribution in [3.05, 3.63) is 30.1 Å². The lowest BCUT2D eigenvalue weighted by molar-refractivity contribution is -0.184. The summed E-state index contributed by atoms with van der Waals surface area (Å²) >= 11 is 0. The fourth-order valence-corrected chi connectivity index (χ4v) is 2.22. The number of rotatable bonds is 3. The minimum atomic E-state index is -1.01. The number of carboxylic acid groups (broad SMARTS) is 1. The first-order valence-electron chi connectivity index (χ1n) is 5.63. The van der Waals surface area contributed by atoms with Gasteiger partial charge in [0.1, 0.15) is 5.41 Å². The fraction of sp³-hybridized carbons (Fsp3) is 0.333. The number of aromatic amines is 1. The van der Waals surface area contributed by atoms with Crippen LogP contribution >= 0.6 is 0 Å². The summed E-state index contributed by atoms with van der Waals surface area (Å²) in [5, 5.41) is 9.31. The smallest absolute Gasteiger partial charge is 0.316 e. The van der Waals surface area contributed by atoms with E-state index in [2.05, 4.69) is 9.97 Å².